The Morgan fingerprint density at radius 2 is 1.85 bits per heavy atom. The molecule has 0 aliphatic carbocycles. The number of anilines is 1. The van der Waals surface area contributed by atoms with Gasteiger partial charge in [-0.25, -0.2) is 4.39 Å². The van der Waals surface area contributed by atoms with Crippen LogP contribution in [0, 0.1) is 11.7 Å². The van der Waals surface area contributed by atoms with E-state index in [1.54, 1.807) is 12.1 Å². The Bertz CT molecular complexity index is 426. The van der Waals surface area contributed by atoms with Crippen LogP contribution in [0.3, 0.4) is 0 Å². The Labute approximate surface area is 121 Å². The minimum absolute atomic E-state index is 0.141. The Morgan fingerprint density at radius 3 is 2.45 bits per heavy atom. The van der Waals surface area contributed by atoms with E-state index in [1.165, 1.54) is 0 Å². The van der Waals surface area contributed by atoms with Crippen molar-refractivity contribution in [1.29, 1.82) is 0 Å². The molecule has 1 N–H and O–H groups in total. The van der Waals surface area contributed by atoms with E-state index in [0.717, 1.165) is 44.0 Å². The standard InChI is InChI=1S/C16H26FN3/c1-13(2)12-19-4-6-20(7-5-19)16-9-14(11-18-3)8-15(17)10-16/h8-10,13,18H,4-7,11-12H2,1-3H3. The van der Waals surface area contributed by atoms with Crippen molar-refractivity contribution in [3.63, 3.8) is 0 Å². The molecule has 0 radical (unpaired) electrons. The quantitative estimate of drug-likeness (QED) is 0.892. The van der Waals surface area contributed by atoms with Crippen molar-refractivity contribution in [3.05, 3.63) is 29.6 Å². The number of hydrogen-bond acceptors (Lipinski definition) is 3. The zero-order valence-corrected chi connectivity index (χ0v) is 12.8. The Morgan fingerprint density at radius 1 is 1.15 bits per heavy atom. The van der Waals surface area contributed by atoms with Gasteiger partial charge in [0.1, 0.15) is 5.82 Å². The molecule has 1 aliphatic rings. The summed E-state index contributed by atoms with van der Waals surface area (Å²) in [7, 11) is 1.88. The first-order valence-electron chi connectivity index (χ1n) is 7.50. The Balaban J connectivity index is 1.99. The summed E-state index contributed by atoms with van der Waals surface area (Å²) in [6.07, 6.45) is 0. The van der Waals surface area contributed by atoms with Crippen LogP contribution in [0.1, 0.15) is 19.4 Å². The first-order chi connectivity index (χ1) is 9.58. The number of halogens is 1. The molecule has 3 nitrogen and oxygen atoms in total. The monoisotopic (exact) mass is 279 g/mol. The smallest absolute Gasteiger partial charge is 0.125 e. The molecule has 1 aliphatic heterocycles. The number of rotatable bonds is 5. The molecule has 20 heavy (non-hydrogen) atoms. The van der Waals surface area contributed by atoms with Crippen LogP contribution in [-0.2, 0) is 6.54 Å². The highest BCUT2D eigenvalue weighted by molar-refractivity contribution is 5.49. The lowest BCUT2D eigenvalue weighted by Crippen LogP contribution is -2.47. The van der Waals surface area contributed by atoms with Gasteiger partial charge in [-0.2, -0.15) is 0 Å². The molecular weight excluding hydrogens is 253 g/mol. The van der Waals surface area contributed by atoms with E-state index in [4.69, 9.17) is 0 Å². The van der Waals surface area contributed by atoms with Gasteiger partial charge >= 0.3 is 0 Å². The normalized spacial score (nSPS) is 16.9. The van der Waals surface area contributed by atoms with Crippen LogP contribution in [0.25, 0.3) is 0 Å². The van der Waals surface area contributed by atoms with E-state index in [9.17, 15) is 4.39 Å². The highest BCUT2D eigenvalue weighted by atomic mass is 19.1. The third kappa shape index (κ3) is 4.18. The highest BCUT2D eigenvalue weighted by Gasteiger charge is 2.18. The molecule has 112 valence electrons. The molecule has 1 aromatic rings. The van der Waals surface area contributed by atoms with E-state index in [2.05, 4.69) is 35.0 Å². The summed E-state index contributed by atoms with van der Waals surface area (Å²) in [6.45, 7) is 10.5. The summed E-state index contributed by atoms with van der Waals surface area (Å²) in [5.74, 6) is 0.565. The van der Waals surface area contributed by atoms with Gasteiger partial charge in [-0.15, -0.1) is 0 Å². The van der Waals surface area contributed by atoms with Crippen molar-refractivity contribution in [2.24, 2.45) is 5.92 Å². The molecule has 0 saturated carbocycles. The molecule has 0 amide bonds. The fourth-order valence-corrected chi connectivity index (χ4v) is 2.83. The van der Waals surface area contributed by atoms with Crippen molar-refractivity contribution >= 4 is 5.69 Å². The third-order valence-electron chi connectivity index (χ3n) is 3.68. The van der Waals surface area contributed by atoms with Crippen molar-refractivity contribution in [3.8, 4) is 0 Å². The summed E-state index contributed by atoms with van der Waals surface area (Å²) in [4.78, 5) is 4.79. The van der Waals surface area contributed by atoms with Crippen LogP contribution in [-0.4, -0.2) is 44.7 Å². The molecule has 0 unspecified atom stereocenters. The highest BCUT2D eigenvalue weighted by Crippen LogP contribution is 2.20. The average Bonchev–Trinajstić information content (AvgIpc) is 2.38. The Hall–Kier alpha value is -1.13. The number of nitrogens with zero attached hydrogens (tertiary/aromatic N) is 2. The van der Waals surface area contributed by atoms with Crippen LogP contribution in [0.4, 0.5) is 10.1 Å². The van der Waals surface area contributed by atoms with Crippen molar-refractivity contribution in [2.45, 2.75) is 20.4 Å². The molecule has 0 atom stereocenters. The van der Waals surface area contributed by atoms with E-state index < -0.39 is 0 Å². The van der Waals surface area contributed by atoms with Crippen LogP contribution >= 0.6 is 0 Å². The van der Waals surface area contributed by atoms with E-state index >= 15 is 0 Å². The molecule has 1 saturated heterocycles. The fraction of sp³-hybridized carbons (Fsp3) is 0.625. The summed E-state index contributed by atoms with van der Waals surface area (Å²) in [6, 6.07) is 5.35. The third-order valence-corrected chi connectivity index (χ3v) is 3.68. The minimum atomic E-state index is -0.141. The maximum atomic E-state index is 13.7. The van der Waals surface area contributed by atoms with Crippen LogP contribution < -0.4 is 10.2 Å². The molecule has 1 aromatic carbocycles. The van der Waals surface area contributed by atoms with Crippen molar-refractivity contribution < 1.29 is 4.39 Å². The van der Waals surface area contributed by atoms with Gasteiger partial charge in [-0.3, -0.25) is 4.90 Å². The Kier molecular flexibility index (Phi) is 5.38. The van der Waals surface area contributed by atoms with Crippen molar-refractivity contribution in [2.75, 3.05) is 44.7 Å². The molecule has 4 heteroatoms. The van der Waals surface area contributed by atoms with Gasteiger partial charge in [0.25, 0.3) is 0 Å². The van der Waals surface area contributed by atoms with E-state index in [0.29, 0.717) is 12.5 Å². The molecule has 0 bridgehead atoms. The van der Waals surface area contributed by atoms with E-state index in [-0.39, 0.29) is 5.82 Å². The lowest BCUT2D eigenvalue weighted by Gasteiger charge is -2.37. The largest absolute Gasteiger partial charge is 0.369 e. The van der Waals surface area contributed by atoms with Gasteiger partial charge in [-0.05, 0) is 36.7 Å². The molecule has 1 heterocycles. The SMILES string of the molecule is CNCc1cc(F)cc(N2CCN(CC(C)C)CC2)c1. The summed E-state index contributed by atoms with van der Waals surface area (Å²) in [5, 5.41) is 3.08. The lowest BCUT2D eigenvalue weighted by atomic mass is 10.1. The summed E-state index contributed by atoms with van der Waals surface area (Å²) >= 11 is 0. The van der Waals surface area contributed by atoms with Crippen LogP contribution in [0.2, 0.25) is 0 Å². The maximum Gasteiger partial charge on any atom is 0.125 e. The topological polar surface area (TPSA) is 18.5 Å². The predicted octanol–water partition coefficient (Wildman–Crippen LogP) is 2.32. The van der Waals surface area contributed by atoms with Gasteiger partial charge in [-0.1, -0.05) is 13.8 Å². The second-order valence-electron chi connectivity index (χ2n) is 6.03. The average molecular weight is 279 g/mol. The number of benzene rings is 1. The fourth-order valence-electron chi connectivity index (χ4n) is 2.83. The van der Waals surface area contributed by atoms with Crippen LogP contribution in [0.15, 0.2) is 18.2 Å². The molecular formula is C16H26FN3. The first kappa shape index (κ1) is 15.3. The van der Waals surface area contributed by atoms with Gasteiger partial charge in [0.05, 0.1) is 0 Å². The number of piperazine rings is 1. The zero-order valence-electron chi connectivity index (χ0n) is 12.8. The first-order valence-corrected chi connectivity index (χ1v) is 7.50. The van der Waals surface area contributed by atoms with Gasteiger partial charge in [0.15, 0.2) is 0 Å². The van der Waals surface area contributed by atoms with Crippen LogP contribution in [0.5, 0.6) is 0 Å². The predicted molar refractivity (Wildman–Crippen MR) is 82.7 cm³/mol. The number of nitrogens with one attached hydrogen (secondary N) is 1. The second-order valence-corrected chi connectivity index (χ2v) is 6.03. The maximum absolute atomic E-state index is 13.7. The van der Waals surface area contributed by atoms with Crippen molar-refractivity contribution in [1.82, 2.24) is 10.2 Å². The second kappa shape index (κ2) is 7.04. The van der Waals surface area contributed by atoms with Gasteiger partial charge in [0.2, 0.25) is 0 Å². The van der Waals surface area contributed by atoms with E-state index in [1.807, 2.05) is 7.05 Å². The molecule has 1 fully saturated rings. The lowest BCUT2D eigenvalue weighted by molar-refractivity contribution is 0.231. The molecule has 0 aromatic heterocycles. The summed E-state index contributed by atoms with van der Waals surface area (Å²) < 4.78 is 13.7. The van der Waals surface area contributed by atoms with Gasteiger partial charge in [0, 0.05) is 45.0 Å². The molecule has 0 spiro atoms. The summed E-state index contributed by atoms with van der Waals surface area (Å²) in [5.41, 5.74) is 2.02. The zero-order chi connectivity index (χ0) is 14.5. The minimum Gasteiger partial charge on any atom is -0.369 e. The number of hydrogen-bond donors (Lipinski definition) is 1. The molecule has 2 rings (SSSR count). The van der Waals surface area contributed by atoms with Gasteiger partial charge < -0.3 is 10.2 Å².